The Hall–Kier alpha value is -1.50. The fraction of sp³-hybridized carbons (Fsp3) is 0.529. The maximum Gasteiger partial charge on any atom is 0.236 e. The minimum atomic E-state index is -0.320. The smallest absolute Gasteiger partial charge is 0.236 e. The molecule has 0 bridgehead atoms. The Kier molecular flexibility index (Phi) is 4.66. The number of carbonyl (C=O) groups excluding carboxylic acids is 1. The standard InChI is InChI=1S/C17H24N4OS/c1-12-11-21(9-8-18-12)15(22)10-19-17(2,3)16-20-13-6-4-5-7-14(13)23-16/h4-7,12,18-19H,8-11H2,1-3H3. The molecule has 0 saturated carbocycles. The predicted octanol–water partition coefficient (Wildman–Crippen LogP) is 1.94. The Bertz CT molecular complexity index is 664. The number of aromatic nitrogens is 1. The van der Waals surface area contributed by atoms with Gasteiger partial charge in [-0.25, -0.2) is 4.98 Å². The fourth-order valence-electron chi connectivity index (χ4n) is 2.78. The van der Waals surface area contributed by atoms with Gasteiger partial charge in [-0.3, -0.25) is 10.1 Å². The number of amides is 1. The minimum Gasteiger partial charge on any atom is -0.339 e. The van der Waals surface area contributed by atoms with Crippen LogP contribution in [0, 0.1) is 0 Å². The fourth-order valence-corrected chi connectivity index (χ4v) is 3.83. The van der Waals surface area contributed by atoms with Gasteiger partial charge in [-0.1, -0.05) is 12.1 Å². The normalized spacial score (nSPS) is 19.3. The molecular formula is C17H24N4OS. The van der Waals surface area contributed by atoms with Gasteiger partial charge in [0.1, 0.15) is 5.01 Å². The lowest BCUT2D eigenvalue weighted by Gasteiger charge is -2.33. The summed E-state index contributed by atoms with van der Waals surface area (Å²) < 4.78 is 1.18. The summed E-state index contributed by atoms with van der Waals surface area (Å²) in [5.74, 6) is 0.160. The number of benzene rings is 1. The van der Waals surface area contributed by atoms with Crippen molar-refractivity contribution in [2.75, 3.05) is 26.2 Å². The summed E-state index contributed by atoms with van der Waals surface area (Å²) >= 11 is 1.68. The van der Waals surface area contributed by atoms with Gasteiger partial charge in [-0.2, -0.15) is 0 Å². The highest BCUT2D eigenvalue weighted by atomic mass is 32.1. The number of carbonyl (C=O) groups is 1. The third-order valence-electron chi connectivity index (χ3n) is 4.23. The SMILES string of the molecule is CC1CN(C(=O)CNC(C)(C)c2nc3ccccc3s2)CCN1. The zero-order valence-electron chi connectivity index (χ0n) is 13.9. The van der Waals surface area contributed by atoms with Gasteiger partial charge < -0.3 is 10.2 Å². The van der Waals surface area contributed by atoms with Crippen LogP contribution in [0.4, 0.5) is 0 Å². The van der Waals surface area contributed by atoms with Crippen LogP contribution in [-0.2, 0) is 10.3 Å². The van der Waals surface area contributed by atoms with E-state index < -0.39 is 0 Å². The van der Waals surface area contributed by atoms with Gasteiger partial charge in [0.05, 0.1) is 22.3 Å². The van der Waals surface area contributed by atoms with E-state index in [1.807, 2.05) is 23.1 Å². The molecule has 1 unspecified atom stereocenters. The van der Waals surface area contributed by atoms with Crippen molar-refractivity contribution in [2.45, 2.75) is 32.4 Å². The maximum absolute atomic E-state index is 12.4. The molecule has 1 aliphatic rings. The van der Waals surface area contributed by atoms with E-state index >= 15 is 0 Å². The largest absolute Gasteiger partial charge is 0.339 e. The molecule has 0 radical (unpaired) electrons. The van der Waals surface area contributed by atoms with E-state index in [0.717, 1.165) is 30.2 Å². The Labute approximate surface area is 141 Å². The topological polar surface area (TPSA) is 57.3 Å². The van der Waals surface area contributed by atoms with Crippen LogP contribution in [0.15, 0.2) is 24.3 Å². The van der Waals surface area contributed by atoms with E-state index in [0.29, 0.717) is 12.6 Å². The number of piperazine rings is 1. The second-order valence-corrected chi connectivity index (χ2v) is 7.69. The van der Waals surface area contributed by atoms with Gasteiger partial charge >= 0.3 is 0 Å². The van der Waals surface area contributed by atoms with Crippen molar-refractivity contribution >= 4 is 27.5 Å². The van der Waals surface area contributed by atoms with Gasteiger partial charge in [-0.15, -0.1) is 11.3 Å². The molecule has 2 heterocycles. The second kappa shape index (κ2) is 6.55. The van der Waals surface area contributed by atoms with Crippen molar-refractivity contribution in [2.24, 2.45) is 0 Å². The summed E-state index contributed by atoms with van der Waals surface area (Å²) in [6.45, 7) is 9.05. The Morgan fingerprint density at radius 2 is 2.26 bits per heavy atom. The lowest BCUT2D eigenvalue weighted by molar-refractivity contribution is -0.131. The number of nitrogens with zero attached hydrogens (tertiary/aromatic N) is 2. The van der Waals surface area contributed by atoms with Gasteiger partial charge in [0.2, 0.25) is 5.91 Å². The van der Waals surface area contributed by atoms with Crippen LogP contribution in [0.1, 0.15) is 25.8 Å². The predicted molar refractivity (Wildman–Crippen MR) is 94.7 cm³/mol. The van der Waals surface area contributed by atoms with Crippen LogP contribution in [0.3, 0.4) is 0 Å². The molecular weight excluding hydrogens is 308 g/mol. The number of para-hydroxylation sites is 1. The highest BCUT2D eigenvalue weighted by Gasteiger charge is 2.27. The van der Waals surface area contributed by atoms with Crippen LogP contribution in [-0.4, -0.2) is 48.0 Å². The van der Waals surface area contributed by atoms with E-state index in [1.54, 1.807) is 11.3 Å². The van der Waals surface area contributed by atoms with Crippen molar-refractivity contribution in [3.05, 3.63) is 29.3 Å². The molecule has 1 saturated heterocycles. The summed E-state index contributed by atoms with van der Waals surface area (Å²) in [5, 5.41) is 7.76. The number of hydrogen-bond acceptors (Lipinski definition) is 5. The molecule has 23 heavy (non-hydrogen) atoms. The third-order valence-corrected chi connectivity index (χ3v) is 5.59. The van der Waals surface area contributed by atoms with Crippen LogP contribution < -0.4 is 10.6 Å². The number of thiazole rings is 1. The van der Waals surface area contributed by atoms with Gasteiger partial charge in [-0.05, 0) is 32.9 Å². The minimum absolute atomic E-state index is 0.160. The van der Waals surface area contributed by atoms with Crippen LogP contribution in [0.5, 0.6) is 0 Å². The first-order chi connectivity index (χ1) is 11.0. The molecule has 5 nitrogen and oxygen atoms in total. The summed E-state index contributed by atoms with van der Waals surface area (Å²) in [4.78, 5) is 19.1. The number of hydrogen-bond donors (Lipinski definition) is 2. The summed E-state index contributed by atoms with van der Waals surface area (Å²) in [7, 11) is 0. The Morgan fingerprint density at radius 1 is 1.48 bits per heavy atom. The van der Waals surface area contributed by atoms with E-state index in [9.17, 15) is 4.79 Å². The summed E-state index contributed by atoms with van der Waals surface area (Å²) in [5.41, 5.74) is 0.698. The molecule has 0 aliphatic carbocycles. The zero-order valence-corrected chi connectivity index (χ0v) is 14.7. The van der Waals surface area contributed by atoms with Crippen LogP contribution in [0.25, 0.3) is 10.2 Å². The average molecular weight is 332 g/mol. The average Bonchev–Trinajstić information content (AvgIpc) is 2.97. The third kappa shape index (κ3) is 3.71. The molecule has 124 valence electrons. The van der Waals surface area contributed by atoms with E-state index in [2.05, 4.69) is 37.5 Å². The highest BCUT2D eigenvalue weighted by molar-refractivity contribution is 7.18. The molecule has 1 aromatic carbocycles. The number of rotatable bonds is 4. The molecule has 2 N–H and O–H groups in total. The highest BCUT2D eigenvalue weighted by Crippen LogP contribution is 2.29. The molecule has 3 rings (SSSR count). The molecule has 2 aromatic rings. The molecule has 1 fully saturated rings. The number of fused-ring (bicyclic) bond motifs is 1. The van der Waals surface area contributed by atoms with Gasteiger partial charge in [0.15, 0.2) is 0 Å². The van der Waals surface area contributed by atoms with Crippen molar-refractivity contribution in [3.63, 3.8) is 0 Å². The lowest BCUT2D eigenvalue weighted by Crippen LogP contribution is -2.54. The first-order valence-corrected chi connectivity index (χ1v) is 8.89. The summed E-state index contributed by atoms with van der Waals surface area (Å²) in [6, 6.07) is 8.50. The maximum atomic E-state index is 12.4. The zero-order chi connectivity index (χ0) is 16.4. The van der Waals surface area contributed by atoms with Gasteiger partial charge in [0, 0.05) is 25.7 Å². The molecule has 1 amide bonds. The van der Waals surface area contributed by atoms with Gasteiger partial charge in [0.25, 0.3) is 0 Å². The monoisotopic (exact) mass is 332 g/mol. The van der Waals surface area contributed by atoms with Crippen LogP contribution >= 0.6 is 11.3 Å². The Morgan fingerprint density at radius 3 is 3.00 bits per heavy atom. The van der Waals surface area contributed by atoms with Crippen molar-refractivity contribution in [3.8, 4) is 0 Å². The molecule has 1 aliphatic heterocycles. The molecule has 0 spiro atoms. The van der Waals surface area contributed by atoms with Crippen LogP contribution in [0.2, 0.25) is 0 Å². The number of nitrogens with one attached hydrogen (secondary N) is 2. The molecule has 1 atom stereocenters. The summed E-state index contributed by atoms with van der Waals surface area (Å²) in [6.07, 6.45) is 0. The Balaban J connectivity index is 1.65. The van der Waals surface area contributed by atoms with Crippen molar-refractivity contribution in [1.29, 1.82) is 0 Å². The quantitative estimate of drug-likeness (QED) is 0.898. The second-order valence-electron chi connectivity index (χ2n) is 6.66. The first-order valence-electron chi connectivity index (χ1n) is 8.08. The van der Waals surface area contributed by atoms with E-state index in [4.69, 9.17) is 4.98 Å². The van der Waals surface area contributed by atoms with Crippen molar-refractivity contribution in [1.82, 2.24) is 20.5 Å². The molecule has 1 aromatic heterocycles. The lowest BCUT2D eigenvalue weighted by atomic mass is 10.1. The van der Waals surface area contributed by atoms with E-state index in [-0.39, 0.29) is 11.4 Å². The van der Waals surface area contributed by atoms with Crippen molar-refractivity contribution < 1.29 is 4.79 Å². The molecule has 6 heteroatoms. The first kappa shape index (κ1) is 16.4. The van der Waals surface area contributed by atoms with E-state index in [1.165, 1.54) is 4.70 Å².